The van der Waals surface area contributed by atoms with Gasteiger partial charge in [0.05, 0.1) is 0 Å². The van der Waals surface area contributed by atoms with Crippen LogP contribution in [0.4, 0.5) is 0 Å². The Balaban J connectivity index is 2.49. The highest BCUT2D eigenvalue weighted by Gasteiger charge is 2.15. The summed E-state index contributed by atoms with van der Waals surface area (Å²) in [6, 6.07) is 5.58. The third-order valence-corrected chi connectivity index (χ3v) is 3.35. The van der Waals surface area contributed by atoms with E-state index in [9.17, 15) is 4.79 Å². The number of benzene rings is 1. The summed E-state index contributed by atoms with van der Waals surface area (Å²) >= 11 is 7.64. The molecular weight excluding hydrogens is 204 g/mol. The average molecular weight is 213 g/mol. The monoisotopic (exact) mass is 212 g/mol. The molecule has 1 aliphatic rings. The number of carbonyl (C=O) groups is 1. The van der Waals surface area contributed by atoms with Crippen LogP contribution in [0.1, 0.15) is 22.3 Å². The molecule has 0 unspecified atom stereocenters. The topological polar surface area (TPSA) is 17.1 Å². The molecule has 2 rings (SSSR count). The summed E-state index contributed by atoms with van der Waals surface area (Å²) in [6.07, 6.45) is 0.637. The van der Waals surface area contributed by atoms with Crippen molar-refractivity contribution >= 4 is 29.1 Å². The first-order chi connectivity index (χ1) is 6.27. The number of carbonyl (C=O) groups excluding carboxylic acids is 1. The van der Waals surface area contributed by atoms with Gasteiger partial charge in [-0.25, -0.2) is 0 Å². The maximum absolute atomic E-state index is 11.6. The minimum Gasteiger partial charge on any atom is -0.294 e. The molecule has 0 bridgehead atoms. The second kappa shape index (κ2) is 3.72. The van der Waals surface area contributed by atoms with Crippen molar-refractivity contribution in [2.75, 3.05) is 5.75 Å². The summed E-state index contributed by atoms with van der Waals surface area (Å²) in [5.74, 6) is 2.08. The summed E-state index contributed by atoms with van der Waals surface area (Å²) in [4.78, 5) is 11.6. The lowest BCUT2D eigenvalue weighted by Gasteiger charge is -2.03. The van der Waals surface area contributed by atoms with Crippen molar-refractivity contribution in [2.45, 2.75) is 12.2 Å². The van der Waals surface area contributed by atoms with Crippen LogP contribution in [-0.4, -0.2) is 11.5 Å². The molecule has 0 N–H and O–H groups in total. The van der Waals surface area contributed by atoms with Crippen molar-refractivity contribution in [3.63, 3.8) is 0 Å². The van der Waals surface area contributed by atoms with Gasteiger partial charge >= 0.3 is 0 Å². The van der Waals surface area contributed by atoms with Gasteiger partial charge in [0, 0.05) is 28.5 Å². The second-order valence-corrected chi connectivity index (χ2v) is 4.57. The number of fused-ring (bicyclic) bond motifs is 1. The molecule has 0 amide bonds. The molecule has 3 heteroatoms. The molecule has 0 aromatic heterocycles. The van der Waals surface area contributed by atoms with Crippen molar-refractivity contribution in [1.29, 1.82) is 0 Å². The van der Waals surface area contributed by atoms with E-state index < -0.39 is 0 Å². The molecule has 13 heavy (non-hydrogen) atoms. The molecule has 0 fully saturated rings. The normalized spacial score (nSPS) is 16.5. The summed E-state index contributed by atoms with van der Waals surface area (Å²) in [5.41, 5.74) is 1.94. The fraction of sp³-hybridized carbons (Fsp3) is 0.300. The first-order valence-electron chi connectivity index (χ1n) is 4.17. The molecule has 68 valence electrons. The van der Waals surface area contributed by atoms with E-state index in [-0.39, 0.29) is 5.78 Å². The molecule has 1 heterocycles. The molecule has 1 aliphatic heterocycles. The fourth-order valence-electron chi connectivity index (χ4n) is 1.42. The van der Waals surface area contributed by atoms with Gasteiger partial charge in [-0.1, -0.05) is 17.7 Å². The zero-order valence-corrected chi connectivity index (χ0v) is 8.62. The summed E-state index contributed by atoms with van der Waals surface area (Å²) in [6.45, 7) is 0. The maximum Gasteiger partial charge on any atom is 0.164 e. The molecule has 0 spiro atoms. The summed E-state index contributed by atoms with van der Waals surface area (Å²) in [5, 5.41) is 0.652. The van der Waals surface area contributed by atoms with Crippen molar-refractivity contribution in [3.05, 3.63) is 34.3 Å². The van der Waals surface area contributed by atoms with Gasteiger partial charge in [0.1, 0.15) is 0 Å². The van der Waals surface area contributed by atoms with Crippen LogP contribution in [0.3, 0.4) is 0 Å². The van der Waals surface area contributed by atoms with Crippen molar-refractivity contribution < 1.29 is 4.79 Å². The largest absolute Gasteiger partial charge is 0.294 e. The van der Waals surface area contributed by atoms with Crippen LogP contribution in [0.15, 0.2) is 18.2 Å². The zero-order valence-electron chi connectivity index (χ0n) is 7.05. The molecule has 0 aliphatic carbocycles. The van der Waals surface area contributed by atoms with E-state index in [0.717, 1.165) is 22.6 Å². The standard InChI is InChI=1S/C10H9ClOS/c11-8-2-1-7-6-13-4-3-10(12)9(7)5-8/h1-2,5H,3-4,6H2. The van der Waals surface area contributed by atoms with E-state index in [1.54, 1.807) is 17.8 Å². The zero-order chi connectivity index (χ0) is 9.26. The highest BCUT2D eigenvalue weighted by molar-refractivity contribution is 7.98. The molecule has 1 nitrogen and oxygen atoms in total. The number of ketones is 1. The van der Waals surface area contributed by atoms with E-state index in [4.69, 9.17) is 11.6 Å². The quantitative estimate of drug-likeness (QED) is 0.657. The minimum atomic E-state index is 0.225. The third kappa shape index (κ3) is 1.89. The Kier molecular flexibility index (Phi) is 2.61. The lowest BCUT2D eigenvalue weighted by Crippen LogP contribution is -2.00. The Morgan fingerprint density at radius 3 is 3.08 bits per heavy atom. The number of halogens is 1. The van der Waals surface area contributed by atoms with Crippen LogP contribution in [0.25, 0.3) is 0 Å². The maximum atomic E-state index is 11.6. The van der Waals surface area contributed by atoms with Gasteiger partial charge in [0.25, 0.3) is 0 Å². The number of hydrogen-bond acceptors (Lipinski definition) is 2. The van der Waals surface area contributed by atoms with Gasteiger partial charge in [-0.2, -0.15) is 11.8 Å². The number of thioether (sulfide) groups is 1. The van der Waals surface area contributed by atoms with E-state index in [0.29, 0.717) is 11.4 Å². The second-order valence-electron chi connectivity index (χ2n) is 3.03. The Morgan fingerprint density at radius 1 is 1.38 bits per heavy atom. The first-order valence-corrected chi connectivity index (χ1v) is 5.70. The number of Topliss-reactive ketones (excluding diaryl/α,β-unsaturated/α-hetero) is 1. The lowest BCUT2D eigenvalue weighted by atomic mass is 10.0. The molecule has 0 saturated carbocycles. The van der Waals surface area contributed by atoms with Crippen LogP contribution in [0.5, 0.6) is 0 Å². The summed E-state index contributed by atoms with van der Waals surface area (Å²) in [7, 11) is 0. The van der Waals surface area contributed by atoms with Gasteiger partial charge in [-0.05, 0) is 17.7 Å². The third-order valence-electron chi connectivity index (χ3n) is 2.10. The SMILES string of the molecule is O=C1CCSCc2ccc(Cl)cc21. The fourth-order valence-corrected chi connectivity index (χ4v) is 2.53. The Bertz CT molecular complexity index is 349. The minimum absolute atomic E-state index is 0.225. The Labute approximate surface area is 86.5 Å². The van der Waals surface area contributed by atoms with Crippen LogP contribution in [0.2, 0.25) is 5.02 Å². The Morgan fingerprint density at radius 2 is 2.23 bits per heavy atom. The van der Waals surface area contributed by atoms with E-state index >= 15 is 0 Å². The van der Waals surface area contributed by atoms with Crippen molar-refractivity contribution in [1.82, 2.24) is 0 Å². The lowest BCUT2D eigenvalue weighted by molar-refractivity contribution is 0.0989. The van der Waals surface area contributed by atoms with E-state index in [2.05, 4.69) is 0 Å². The molecular formula is C10H9ClOS. The van der Waals surface area contributed by atoms with Gasteiger partial charge in [0.15, 0.2) is 5.78 Å². The summed E-state index contributed by atoms with van der Waals surface area (Å²) < 4.78 is 0. The van der Waals surface area contributed by atoms with Crippen LogP contribution < -0.4 is 0 Å². The molecule has 1 aromatic carbocycles. The average Bonchev–Trinajstić information content (AvgIpc) is 2.29. The smallest absolute Gasteiger partial charge is 0.164 e. The van der Waals surface area contributed by atoms with Crippen LogP contribution >= 0.6 is 23.4 Å². The van der Waals surface area contributed by atoms with Gasteiger partial charge < -0.3 is 0 Å². The molecule has 0 radical (unpaired) electrons. The van der Waals surface area contributed by atoms with E-state index in [1.165, 1.54) is 0 Å². The predicted octanol–water partition coefficient (Wildman–Crippen LogP) is 3.16. The van der Waals surface area contributed by atoms with Crippen LogP contribution in [0, 0.1) is 0 Å². The predicted molar refractivity (Wildman–Crippen MR) is 56.6 cm³/mol. The van der Waals surface area contributed by atoms with Crippen molar-refractivity contribution in [2.24, 2.45) is 0 Å². The number of hydrogen-bond donors (Lipinski definition) is 0. The first kappa shape index (κ1) is 9.10. The Hall–Kier alpha value is -0.470. The highest BCUT2D eigenvalue weighted by Crippen LogP contribution is 2.25. The molecule has 0 saturated heterocycles. The molecule has 0 atom stereocenters. The highest BCUT2D eigenvalue weighted by atomic mass is 35.5. The van der Waals surface area contributed by atoms with E-state index in [1.807, 2.05) is 12.1 Å². The van der Waals surface area contributed by atoms with Crippen molar-refractivity contribution in [3.8, 4) is 0 Å². The van der Waals surface area contributed by atoms with Gasteiger partial charge in [0.2, 0.25) is 0 Å². The number of rotatable bonds is 0. The van der Waals surface area contributed by atoms with Gasteiger partial charge in [-0.15, -0.1) is 0 Å². The molecule has 1 aromatic rings. The van der Waals surface area contributed by atoms with Gasteiger partial charge in [-0.3, -0.25) is 4.79 Å². The van der Waals surface area contributed by atoms with Crippen LogP contribution in [-0.2, 0) is 5.75 Å².